The molecule has 1 aromatic heterocycles. The van der Waals surface area contributed by atoms with Gasteiger partial charge in [-0.1, -0.05) is 0 Å². The summed E-state index contributed by atoms with van der Waals surface area (Å²) in [6.07, 6.45) is 3.29. The highest BCUT2D eigenvalue weighted by atomic mass is 35.5. The summed E-state index contributed by atoms with van der Waals surface area (Å²) in [5.41, 5.74) is 0.510. The highest BCUT2D eigenvalue weighted by molar-refractivity contribution is 7.89. The monoisotopic (exact) mass is 307 g/mol. The van der Waals surface area contributed by atoms with Crippen LogP contribution in [0.15, 0.2) is 11.2 Å². The second-order valence-electron chi connectivity index (χ2n) is 4.68. The van der Waals surface area contributed by atoms with Gasteiger partial charge in [-0.15, -0.1) is 11.6 Å². The first kappa shape index (κ1) is 14.8. The number of rotatable bonds is 5. The molecule has 2 rings (SSSR count). The van der Waals surface area contributed by atoms with Crippen LogP contribution in [0.3, 0.4) is 0 Å². The van der Waals surface area contributed by atoms with Crippen molar-refractivity contribution in [3.05, 3.63) is 11.8 Å². The summed E-state index contributed by atoms with van der Waals surface area (Å²) in [5.74, 6) is 0.372. The first-order valence-corrected chi connectivity index (χ1v) is 8.14. The Hall–Kier alpha value is -0.630. The van der Waals surface area contributed by atoms with Crippen molar-refractivity contribution in [1.29, 1.82) is 0 Å². The van der Waals surface area contributed by atoms with Gasteiger partial charge in [-0.2, -0.15) is 9.40 Å². The quantitative estimate of drug-likeness (QED) is 0.829. The van der Waals surface area contributed by atoms with Crippen LogP contribution in [0, 0.1) is 5.92 Å². The van der Waals surface area contributed by atoms with Crippen LogP contribution in [0.5, 0.6) is 0 Å². The van der Waals surface area contributed by atoms with Crippen LogP contribution in [-0.4, -0.2) is 49.7 Å². The third-order valence-electron chi connectivity index (χ3n) is 3.30. The van der Waals surface area contributed by atoms with Gasteiger partial charge in [-0.05, 0) is 18.8 Å². The SMILES string of the molecule is COCC1CCCN(S(=O)(=O)c2[nH]ncc2CCl)C1. The van der Waals surface area contributed by atoms with E-state index in [0.29, 0.717) is 25.3 Å². The van der Waals surface area contributed by atoms with E-state index in [0.717, 1.165) is 12.8 Å². The van der Waals surface area contributed by atoms with Crippen molar-refractivity contribution in [1.82, 2.24) is 14.5 Å². The number of methoxy groups -OCH3 is 1. The molecule has 108 valence electrons. The first-order valence-electron chi connectivity index (χ1n) is 6.17. The molecule has 0 aromatic carbocycles. The summed E-state index contributed by atoms with van der Waals surface area (Å²) < 4.78 is 31.7. The molecule has 0 radical (unpaired) electrons. The summed E-state index contributed by atoms with van der Waals surface area (Å²) in [7, 11) is -1.90. The Bertz CT molecular complexity index is 515. The second-order valence-corrected chi connectivity index (χ2v) is 6.83. The number of aromatic nitrogens is 2. The molecule has 6 nitrogen and oxygen atoms in total. The molecule has 1 aliphatic heterocycles. The second kappa shape index (κ2) is 6.21. The van der Waals surface area contributed by atoms with Gasteiger partial charge < -0.3 is 4.74 Å². The molecule has 1 saturated heterocycles. The minimum atomic E-state index is -3.54. The van der Waals surface area contributed by atoms with E-state index in [9.17, 15) is 8.42 Å². The molecule has 2 heterocycles. The van der Waals surface area contributed by atoms with Crippen molar-refractivity contribution in [2.45, 2.75) is 23.7 Å². The molecule has 1 aromatic rings. The number of sulfonamides is 1. The van der Waals surface area contributed by atoms with Gasteiger partial charge in [-0.3, -0.25) is 5.10 Å². The van der Waals surface area contributed by atoms with Crippen LogP contribution >= 0.6 is 11.6 Å². The minimum absolute atomic E-state index is 0.112. The maximum Gasteiger partial charge on any atom is 0.260 e. The van der Waals surface area contributed by atoms with Crippen molar-refractivity contribution < 1.29 is 13.2 Å². The molecule has 1 aliphatic rings. The summed E-state index contributed by atoms with van der Waals surface area (Å²) in [4.78, 5) is 0. The fourth-order valence-electron chi connectivity index (χ4n) is 2.36. The van der Waals surface area contributed by atoms with E-state index in [1.165, 1.54) is 10.5 Å². The molecule has 0 amide bonds. The Balaban J connectivity index is 2.20. The van der Waals surface area contributed by atoms with Crippen LogP contribution in [0.2, 0.25) is 0 Å². The molecular formula is C11H18ClN3O3S. The number of ether oxygens (including phenoxy) is 1. The van der Waals surface area contributed by atoms with Gasteiger partial charge in [0.1, 0.15) is 0 Å². The highest BCUT2D eigenvalue weighted by Gasteiger charge is 2.32. The largest absolute Gasteiger partial charge is 0.384 e. The van der Waals surface area contributed by atoms with Gasteiger partial charge in [0.25, 0.3) is 10.0 Å². The lowest BCUT2D eigenvalue weighted by atomic mass is 10.0. The predicted octanol–water partition coefficient (Wildman–Crippen LogP) is 1.20. The van der Waals surface area contributed by atoms with E-state index < -0.39 is 10.0 Å². The van der Waals surface area contributed by atoms with E-state index >= 15 is 0 Å². The Kier molecular flexibility index (Phi) is 4.83. The van der Waals surface area contributed by atoms with Crippen LogP contribution in [0.25, 0.3) is 0 Å². The first-order chi connectivity index (χ1) is 9.09. The Morgan fingerprint density at radius 2 is 2.42 bits per heavy atom. The lowest BCUT2D eigenvalue weighted by Gasteiger charge is -2.31. The summed E-state index contributed by atoms with van der Waals surface area (Å²) in [6.45, 7) is 1.59. The molecule has 0 saturated carbocycles. The van der Waals surface area contributed by atoms with Crippen LogP contribution in [0.1, 0.15) is 18.4 Å². The number of hydrogen-bond donors (Lipinski definition) is 1. The van der Waals surface area contributed by atoms with Crippen LogP contribution in [0.4, 0.5) is 0 Å². The van der Waals surface area contributed by atoms with Crippen molar-refractivity contribution in [2.24, 2.45) is 5.92 Å². The van der Waals surface area contributed by atoms with Crippen LogP contribution in [-0.2, 0) is 20.6 Å². The number of alkyl halides is 1. The molecule has 1 unspecified atom stereocenters. The molecule has 0 aliphatic carbocycles. The number of nitrogens with zero attached hydrogens (tertiary/aromatic N) is 2. The van der Waals surface area contributed by atoms with E-state index in [-0.39, 0.29) is 16.8 Å². The third kappa shape index (κ3) is 3.10. The lowest BCUT2D eigenvalue weighted by molar-refractivity contribution is 0.118. The molecular weight excluding hydrogens is 290 g/mol. The number of halogens is 1. The Morgan fingerprint density at radius 1 is 1.63 bits per heavy atom. The smallest absolute Gasteiger partial charge is 0.260 e. The standard InChI is InChI=1S/C11H18ClN3O3S/c1-18-8-9-3-2-4-15(7-9)19(16,17)11-10(5-12)6-13-14-11/h6,9H,2-5,7-8H2,1H3,(H,13,14). The zero-order valence-corrected chi connectivity index (χ0v) is 12.4. The number of H-pyrrole nitrogens is 1. The molecule has 1 N–H and O–H groups in total. The topological polar surface area (TPSA) is 75.3 Å². The lowest BCUT2D eigenvalue weighted by Crippen LogP contribution is -2.41. The minimum Gasteiger partial charge on any atom is -0.384 e. The van der Waals surface area contributed by atoms with Crippen molar-refractivity contribution in [3.8, 4) is 0 Å². The van der Waals surface area contributed by atoms with Gasteiger partial charge in [-0.25, -0.2) is 8.42 Å². The van der Waals surface area contributed by atoms with E-state index in [2.05, 4.69) is 10.2 Å². The van der Waals surface area contributed by atoms with Gasteiger partial charge >= 0.3 is 0 Å². The van der Waals surface area contributed by atoms with E-state index in [1.807, 2.05) is 0 Å². The molecule has 0 bridgehead atoms. The Labute approximate surface area is 118 Å². The fraction of sp³-hybridized carbons (Fsp3) is 0.727. The molecule has 1 fully saturated rings. The molecule has 0 spiro atoms. The van der Waals surface area contributed by atoms with Crippen LogP contribution < -0.4 is 0 Å². The molecule has 8 heteroatoms. The number of piperidine rings is 1. The van der Waals surface area contributed by atoms with Gasteiger partial charge in [0.05, 0.1) is 18.7 Å². The molecule has 1 atom stereocenters. The zero-order valence-electron chi connectivity index (χ0n) is 10.8. The number of hydrogen-bond acceptors (Lipinski definition) is 4. The fourth-order valence-corrected chi connectivity index (χ4v) is 4.30. The third-order valence-corrected chi connectivity index (χ3v) is 5.47. The predicted molar refractivity (Wildman–Crippen MR) is 71.5 cm³/mol. The van der Waals surface area contributed by atoms with Gasteiger partial charge in [0.15, 0.2) is 5.03 Å². The maximum absolute atomic E-state index is 12.5. The Morgan fingerprint density at radius 3 is 3.11 bits per heavy atom. The number of aromatic amines is 1. The van der Waals surface area contributed by atoms with E-state index in [4.69, 9.17) is 16.3 Å². The van der Waals surface area contributed by atoms with E-state index in [1.54, 1.807) is 7.11 Å². The summed E-state index contributed by atoms with van der Waals surface area (Å²) in [5, 5.41) is 6.43. The maximum atomic E-state index is 12.5. The average Bonchev–Trinajstić information content (AvgIpc) is 2.88. The zero-order chi connectivity index (χ0) is 13.9. The normalized spacial score (nSPS) is 21.7. The summed E-state index contributed by atoms with van der Waals surface area (Å²) in [6, 6.07) is 0. The molecule has 19 heavy (non-hydrogen) atoms. The van der Waals surface area contributed by atoms with Gasteiger partial charge in [0.2, 0.25) is 0 Å². The average molecular weight is 308 g/mol. The van der Waals surface area contributed by atoms with Crippen molar-refractivity contribution >= 4 is 21.6 Å². The summed E-state index contributed by atoms with van der Waals surface area (Å²) >= 11 is 5.73. The van der Waals surface area contributed by atoms with Crippen molar-refractivity contribution in [2.75, 3.05) is 26.8 Å². The van der Waals surface area contributed by atoms with Crippen molar-refractivity contribution in [3.63, 3.8) is 0 Å². The highest BCUT2D eigenvalue weighted by Crippen LogP contribution is 2.25. The van der Waals surface area contributed by atoms with Gasteiger partial charge in [0, 0.05) is 25.8 Å². The number of nitrogens with one attached hydrogen (secondary N) is 1.